The van der Waals surface area contributed by atoms with E-state index >= 15 is 0 Å². The molecule has 0 radical (unpaired) electrons. The Morgan fingerprint density at radius 2 is 1.82 bits per heavy atom. The van der Waals surface area contributed by atoms with Crippen LogP contribution in [0.15, 0.2) is 98.0 Å². The molecule has 0 saturated heterocycles. The summed E-state index contributed by atoms with van der Waals surface area (Å²) >= 11 is 2.99. The van der Waals surface area contributed by atoms with E-state index in [9.17, 15) is 14.7 Å². The van der Waals surface area contributed by atoms with Gasteiger partial charge in [-0.15, -0.1) is 11.3 Å². The van der Waals surface area contributed by atoms with Gasteiger partial charge in [0.25, 0.3) is 5.56 Å². The van der Waals surface area contributed by atoms with E-state index in [2.05, 4.69) is 24.3 Å². The van der Waals surface area contributed by atoms with Crippen LogP contribution in [0.1, 0.15) is 44.6 Å². The molecule has 8 heteroatoms. The SMILES string of the molecule is O=C(O)c1ccccc1-c1ccc(/C=c2/sc3n(c2=O)C(c2cccs2)C2=C(N=3)c3ccccc3CC2)o1. The summed E-state index contributed by atoms with van der Waals surface area (Å²) in [4.78, 5) is 32.3. The fourth-order valence-corrected chi connectivity index (χ4v) is 7.14. The number of allylic oxidation sites excluding steroid dienone is 1. The lowest BCUT2D eigenvalue weighted by Crippen LogP contribution is -2.38. The Hall–Kier alpha value is -4.27. The quantitative estimate of drug-likeness (QED) is 0.336. The number of hydrogen-bond acceptors (Lipinski definition) is 6. The molecule has 0 bridgehead atoms. The Labute approximate surface area is 224 Å². The van der Waals surface area contributed by atoms with Crippen LogP contribution in [0.2, 0.25) is 0 Å². The van der Waals surface area contributed by atoms with Crippen LogP contribution in [0, 0.1) is 0 Å². The van der Waals surface area contributed by atoms with Crippen LogP contribution in [0.3, 0.4) is 0 Å². The minimum absolute atomic E-state index is 0.110. The van der Waals surface area contributed by atoms with Crippen LogP contribution in [0.5, 0.6) is 0 Å². The number of furan rings is 1. The molecule has 4 heterocycles. The van der Waals surface area contributed by atoms with Gasteiger partial charge >= 0.3 is 5.97 Å². The number of carboxylic acid groups (broad SMARTS) is 1. The van der Waals surface area contributed by atoms with Crippen molar-refractivity contribution in [3.8, 4) is 11.3 Å². The molecular formula is C30H20N2O4S2. The van der Waals surface area contributed by atoms with Crippen LogP contribution < -0.4 is 14.9 Å². The summed E-state index contributed by atoms with van der Waals surface area (Å²) in [5, 5.41) is 11.6. The topological polar surface area (TPSA) is 84.8 Å². The zero-order valence-corrected chi connectivity index (χ0v) is 21.6. The number of aromatic carboxylic acids is 1. The van der Waals surface area contributed by atoms with Crippen LogP contribution in [-0.2, 0) is 6.42 Å². The summed E-state index contributed by atoms with van der Waals surface area (Å²) in [6.45, 7) is 0. The zero-order valence-electron chi connectivity index (χ0n) is 20.0. The fourth-order valence-electron chi connectivity index (χ4n) is 5.31. The van der Waals surface area contributed by atoms with Crippen molar-refractivity contribution in [3.63, 3.8) is 0 Å². The highest BCUT2D eigenvalue weighted by atomic mass is 32.1. The predicted molar refractivity (Wildman–Crippen MR) is 148 cm³/mol. The molecule has 1 aliphatic heterocycles. The first-order valence-corrected chi connectivity index (χ1v) is 13.9. The molecule has 1 N–H and O–H groups in total. The van der Waals surface area contributed by atoms with Crippen molar-refractivity contribution in [2.75, 3.05) is 0 Å². The predicted octanol–water partition coefficient (Wildman–Crippen LogP) is 5.34. The third-order valence-corrected chi connectivity index (χ3v) is 8.92. The van der Waals surface area contributed by atoms with Gasteiger partial charge in [0.1, 0.15) is 11.5 Å². The van der Waals surface area contributed by atoms with Crippen LogP contribution >= 0.6 is 22.7 Å². The molecule has 7 rings (SSSR count). The van der Waals surface area contributed by atoms with E-state index in [4.69, 9.17) is 9.41 Å². The monoisotopic (exact) mass is 536 g/mol. The van der Waals surface area contributed by atoms with E-state index in [1.165, 1.54) is 22.5 Å². The highest BCUT2D eigenvalue weighted by Crippen LogP contribution is 2.42. The third-order valence-electron chi connectivity index (χ3n) is 7.01. The van der Waals surface area contributed by atoms with Gasteiger partial charge < -0.3 is 9.52 Å². The minimum atomic E-state index is -1.02. The van der Waals surface area contributed by atoms with Crippen LogP contribution in [0.4, 0.5) is 0 Å². The smallest absolute Gasteiger partial charge is 0.336 e. The molecule has 1 unspecified atom stereocenters. The second-order valence-electron chi connectivity index (χ2n) is 9.18. The van der Waals surface area contributed by atoms with Gasteiger partial charge in [-0.2, -0.15) is 0 Å². The third kappa shape index (κ3) is 3.64. The molecule has 0 spiro atoms. The van der Waals surface area contributed by atoms with Crippen molar-refractivity contribution in [1.82, 2.24) is 4.57 Å². The lowest BCUT2D eigenvalue weighted by atomic mass is 9.85. The van der Waals surface area contributed by atoms with Gasteiger partial charge in [-0.05, 0) is 53.6 Å². The van der Waals surface area contributed by atoms with E-state index in [1.807, 2.05) is 22.1 Å². The Kier molecular flexibility index (Phi) is 5.38. The maximum Gasteiger partial charge on any atom is 0.336 e. The summed E-state index contributed by atoms with van der Waals surface area (Å²) in [6.07, 6.45) is 3.50. The summed E-state index contributed by atoms with van der Waals surface area (Å²) in [6, 6.07) is 22.5. The van der Waals surface area contributed by atoms with Crippen molar-refractivity contribution in [2.45, 2.75) is 18.9 Å². The average Bonchev–Trinajstić information content (AvgIpc) is 3.69. The lowest BCUT2D eigenvalue weighted by Gasteiger charge is -2.30. The fraction of sp³-hybridized carbons (Fsp3) is 0.100. The number of thiazole rings is 1. The second-order valence-corrected chi connectivity index (χ2v) is 11.2. The molecule has 0 amide bonds. The van der Waals surface area contributed by atoms with E-state index in [1.54, 1.807) is 53.8 Å². The number of rotatable bonds is 4. The van der Waals surface area contributed by atoms with Crippen LogP contribution in [0.25, 0.3) is 23.1 Å². The Bertz CT molecular complexity index is 1940. The summed E-state index contributed by atoms with van der Waals surface area (Å²) in [5.41, 5.74) is 5.12. The molecule has 0 saturated carbocycles. The highest BCUT2D eigenvalue weighted by molar-refractivity contribution is 7.10. The van der Waals surface area contributed by atoms with E-state index in [0.29, 0.717) is 26.4 Å². The van der Waals surface area contributed by atoms with Gasteiger partial charge in [-0.1, -0.05) is 59.9 Å². The molecule has 1 aliphatic carbocycles. The number of thiophene rings is 1. The Morgan fingerprint density at radius 1 is 1.00 bits per heavy atom. The van der Waals surface area contributed by atoms with Crippen molar-refractivity contribution >= 4 is 40.4 Å². The average molecular weight is 537 g/mol. The number of benzene rings is 2. The van der Waals surface area contributed by atoms with Gasteiger partial charge in [0.2, 0.25) is 0 Å². The molecule has 1 atom stereocenters. The van der Waals surface area contributed by atoms with Crippen molar-refractivity contribution in [3.05, 3.63) is 131 Å². The molecule has 2 aromatic carbocycles. The van der Waals surface area contributed by atoms with E-state index in [-0.39, 0.29) is 17.2 Å². The first-order valence-electron chi connectivity index (χ1n) is 12.2. The molecule has 0 fully saturated rings. The number of nitrogens with zero attached hydrogens (tertiary/aromatic N) is 2. The number of carbonyl (C=O) groups is 1. The van der Waals surface area contributed by atoms with E-state index < -0.39 is 5.97 Å². The number of fused-ring (bicyclic) bond motifs is 3. The first-order chi connectivity index (χ1) is 18.6. The number of hydrogen-bond donors (Lipinski definition) is 1. The summed E-state index contributed by atoms with van der Waals surface area (Å²) < 4.78 is 8.33. The first kappa shape index (κ1) is 22.9. The second kappa shape index (κ2) is 8.93. The molecule has 2 aliphatic rings. The van der Waals surface area contributed by atoms with Crippen molar-refractivity contribution in [2.24, 2.45) is 4.99 Å². The van der Waals surface area contributed by atoms with Gasteiger partial charge in [0, 0.05) is 22.1 Å². The molecule has 38 heavy (non-hydrogen) atoms. The maximum atomic E-state index is 13.8. The highest BCUT2D eigenvalue weighted by Gasteiger charge is 2.33. The molecule has 6 nitrogen and oxygen atoms in total. The van der Waals surface area contributed by atoms with Crippen LogP contribution in [-0.4, -0.2) is 15.6 Å². The maximum absolute atomic E-state index is 13.8. The molecule has 186 valence electrons. The summed E-state index contributed by atoms with van der Waals surface area (Å²) in [5.74, 6) is -0.108. The van der Waals surface area contributed by atoms with Gasteiger partial charge in [-0.25, -0.2) is 9.79 Å². The number of carboxylic acids is 1. The normalized spacial score (nSPS) is 16.5. The van der Waals surface area contributed by atoms with Gasteiger partial charge in [0.05, 0.1) is 21.8 Å². The van der Waals surface area contributed by atoms with Gasteiger partial charge in [-0.3, -0.25) is 9.36 Å². The zero-order chi connectivity index (χ0) is 25.8. The summed E-state index contributed by atoms with van der Waals surface area (Å²) in [7, 11) is 0. The lowest BCUT2D eigenvalue weighted by molar-refractivity contribution is 0.0697. The Balaban J connectivity index is 1.38. The largest absolute Gasteiger partial charge is 0.478 e. The van der Waals surface area contributed by atoms with E-state index in [0.717, 1.165) is 29.0 Å². The number of aromatic nitrogens is 1. The van der Waals surface area contributed by atoms with Crippen molar-refractivity contribution in [1.29, 1.82) is 0 Å². The number of aryl methyl sites for hydroxylation is 1. The molecule has 5 aromatic rings. The van der Waals surface area contributed by atoms with Gasteiger partial charge in [0.15, 0.2) is 4.80 Å². The Morgan fingerprint density at radius 3 is 2.63 bits per heavy atom. The standard InChI is InChI=1S/C30H20N2O4S2/c33-28-25(16-18-12-14-23(36-18)20-8-3-4-9-21(20)29(34)35)38-30-31-26-19-7-2-1-6-17(19)11-13-22(26)27(32(28)30)24-10-5-15-37-24/h1-10,12,14-16,27H,11,13H2,(H,34,35)/b25-16+. The minimum Gasteiger partial charge on any atom is -0.478 e. The molecular weight excluding hydrogens is 516 g/mol. The van der Waals surface area contributed by atoms with Crippen molar-refractivity contribution < 1.29 is 14.3 Å². The molecule has 3 aromatic heterocycles.